The van der Waals surface area contributed by atoms with Gasteiger partial charge >= 0.3 is 5.69 Å². The fourth-order valence-electron chi connectivity index (χ4n) is 1.38. The molecule has 1 N–H and O–H groups in total. The third-order valence-corrected chi connectivity index (χ3v) is 2.40. The van der Waals surface area contributed by atoms with Crippen LogP contribution < -0.4 is 10.1 Å². The van der Waals surface area contributed by atoms with E-state index < -0.39 is 4.92 Å². The SMILES string of the molecule is CCNCc1ccc([N+](=O)[O-])c(OCC=CCl)c1. The first-order valence-electron chi connectivity index (χ1n) is 5.55. The Balaban J connectivity index is 2.88. The predicted octanol–water partition coefficient (Wildman–Crippen LogP) is 2.84. The molecular weight excluding hydrogens is 256 g/mol. The van der Waals surface area contributed by atoms with Crippen LogP contribution in [0.25, 0.3) is 0 Å². The van der Waals surface area contributed by atoms with Gasteiger partial charge in [0.15, 0.2) is 5.75 Å². The zero-order valence-corrected chi connectivity index (χ0v) is 10.8. The van der Waals surface area contributed by atoms with E-state index in [1.165, 1.54) is 11.6 Å². The van der Waals surface area contributed by atoms with Crippen LogP contribution in [-0.2, 0) is 6.54 Å². The van der Waals surface area contributed by atoms with E-state index in [1.807, 2.05) is 6.92 Å². The number of halogens is 1. The number of nitrogens with one attached hydrogen (secondary N) is 1. The first-order chi connectivity index (χ1) is 8.69. The smallest absolute Gasteiger partial charge is 0.310 e. The van der Waals surface area contributed by atoms with Crippen molar-refractivity contribution in [2.75, 3.05) is 13.2 Å². The molecule has 1 aromatic rings. The summed E-state index contributed by atoms with van der Waals surface area (Å²) in [5.41, 5.74) is 2.21. The summed E-state index contributed by atoms with van der Waals surface area (Å²) in [4.78, 5) is 10.4. The van der Waals surface area contributed by atoms with Gasteiger partial charge in [-0.25, -0.2) is 0 Å². The lowest BCUT2D eigenvalue weighted by Crippen LogP contribution is -2.12. The summed E-state index contributed by atoms with van der Waals surface area (Å²) in [6, 6.07) is 4.83. The highest BCUT2D eigenvalue weighted by Crippen LogP contribution is 2.28. The number of hydrogen-bond acceptors (Lipinski definition) is 4. The first-order valence-corrected chi connectivity index (χ1v) is 5.98. The van der Waals surface area contributed by atoms with Crippen LogP contribution in [0.4, 0.5) is 5.69 Å². The van der Waals surface area contributed by atoms with Crippen LogP contribution in [0.1, 0.15) is 12.5 Å². The van der Waals surface area contributed by atoms with Gasteiger partial charge in [-0.1, -0.05) is 24.6 Å². The number of nitro benzene ring substituents is 1. The van der Waals surface area contributed by atoms with Gasteiger partial charge in [0.2, 0.25) is 0 Å². The summed E-state index contributed by atoms with van der Waals surface area (Å²) in [5, 5.41) is 14.0. The minimum Gasteiger partial charge on any atom is -0.483 e. The molecule has 6 heteroatoms. The van der Waals surface area contributed by atoms with E-state index in [-0.39, 0.29) is 18.0 Å². The summed E-state index contributed by atoms with van der Waals surface area (Å²) in [6.07, 6.45) is 1.57. The summed E-state index contributed by atoms with van der Waals surface area (Å²) < 4.78 is 5.32. The van der Waals surface area contributed by atoms with Crippen molar-refractivity contribution in [2.24, 2.45) is 0 Å². The van der Waals surface area contributed by atoms with Gasteiger partial charge in [-0.05, 0) is 24.3 Å². The molecule has 18 heavy (non-hydrogen) atoms. The van der Waals surface area contributed by atoms with Gasteiger partial charge in [0.05, 0.1) is 4.92 Å². The monoisotopic (exact) mass is 270 g/mol. The average molecular weight is 271 g/mol. The average Bonchev–Trinajstić information content (AvgIpc) is 2.36. The molecule has 0 fully saturated rings. The van der Waals surface area contributed by atoms with Crippen molar-refractivity contribution in [1.82, 2.24) is 5.32 Å². The van der Waals surface area contributed by atoms with E-state index in [9.17, 15) is 10.1 Å². The molecule has 0 aliphatic rings. The lowest BCUT2D eigenvalue weighted by atomic mass is 10.2. The standard InChI is InChI=1S/C12H15ClN2O3/c1-2-14-9-10-4-5-11(15(16)17)12(8-10)18-7-3-6-13/h3-6,8,14H,2,7,9H2,1H3. The van der Waals surface area contributed by atoms with Crippen molar-refractivity contribution < 1.29 is 9.66 Å². The number of ether oxygens (including phenoxy) is 1. The second-order valence-corrected chi connectivity index (χ2v) is 3.76. The normalized spacial score (nSPS) is 10.8. The van der Waals surface area contributed by atoms with Crippen molar-refractivity contribution in [3.63, 3.8) is 0 Å². The quantitative estimate of drug-likeness (QED) is 0.611. The highest BCUT2D eigenvalue weighted by molar-refractivity contribution is 6.25. The van der Waals surface area contributed by atoms with Crippen molar-refractivity contribution in [3.05, 3.63) is 45.5 Å². The Hall–Kier alpha value is -1.59. The van der Waals surface area contributed by atoms with Crippen molar-refractivity contribution in [1.29, 1.82) is 0 Å². The maximum atomic E-state index is 10.8. The molecule has 98 valence electrons. The van der Waals surface area contributed by atoms with Crippen LogP contribution in [0.2, 0.25) is 0 Å². The molecule has 0 saturated heterocycles. The Morgan fingerprint density at radius 3 is 2.94 bits per heavy atom. The fourth-order valence-corrected chi connectivity index (χ4v) is 1.45. The molecular formula is C12H15ClN2O3. The molecule has 0 saturated carbocycles. The molecule has 0 spiro atoms. The van der Waals surface area contributed by atoms with E-state index in [4.69, 9.17) is 16.3 Å². The Bertz CT molecular complexity index is 435. The Morgan fingerprint density at radius 1 is 1.56 bits per heavy atom. The Kier molecular flexibility index (Phi) is 6.18. The molecule has 0 unspecified atom stereocenters. The van der Waals surface area contributed by atoms with Crippen LogP contribution in [0.5, 0.6) is 5.75 Å². The lowest BCUT2D eigenvalue weighted by molar-refractivity contribution is -0.385. The minimum absolute atomic E-state index is 0.0433. The van der Waals surface area contributed by atoms with Crippen LogP contribution in [0.3, 0.4) is 0 Å². The fraction of sp³-hybridized carbons (Fsp3) is 0.333. The Labute approximate surface area is 111 Å². The highest BCUT2D eigenvalue weighted by atomic mass is 35.5. The largest absolute Gasteiger partial charge is 0.483 e. The molecule has 0 bridgehead atoms. The molecule has 1 rings (SSSR count). The second kappa shape index (κ2) is 7.68. The predicted molar refractivity (Wildman–Crippen MR) is 71.0 cm³/mol. The second-order valence-electron chi connectivity index (χ2n) is 3.51. The topological polar surface area (TPSA) is 64.4 Å². The number of benzene rings is 1. The third-order valence-electron chi connectivity index (χ3n) is 2.22. The van der Waals surface area contributed by atoms with Crippen molar-refractivity contribution >= 4 is 17.3 Å². The Morgan fingerprint density at radius 2 is 2.33 bits per heavy atom. The van der Waals surface area contributed by atoms with Crippen LogP contribution in [-0.4, -0.2) is 18.1 Å². The molecule has 0 aromatic heterocycles. The van der Waals surface area contributed by atoms with Gasteiger partial charge < -0.3 is 10.1 Å². The molecule has 0 atom stereocenters. The molecule has 0 heterocycles. The van der Waals surface area contributed by atoms with Gasteiger partial charge in [-0.2, -0.15) is 0 Å². The van der Waals surface area contributed by atoms with Gasteiger partial charge in [0, 0.05) is 18.1 Å². The van der Waals surface area contributed by atoms with Gasteiger partial charge in [-0.15, -0.1) is 0 Å². The van der Waals surface area contributed by atoms with Gasteiger partial charge in [0.1, 0.15) is 6.61 Å². The van der Waals surface area contributed by atoms with E-state index in [0.717, 1.165) is 12.1 Å². The number of rotatable bonds is 7. The molecule has 0 aliphatic heterocycles. The lowest BCUT2D eigenvalue weighted by Gasteiger charge is -2.07. The van der Waals surface area contributed by atoms with E-state index in [0.29, 0.717) is 6.54 Å². The van der Waals surface area contributed by atoms with Gasteiger partial charge in [-0.3, -0.25) is 10.1 Å². The molecule has 5 nitrogen and oxygen atoms in total. The van der Waals surface area contributed by atoms with Crippen LogP contribution in [0.15, 0.2) is 29.8 Å². The maximum Gasteiger partial charge on any atom is 0.310 e. The van der Waals surface area contributed by atoms with E-state index in [2.05, 4.69) is 5.32 Å². The molecule has 0 radical (unpaired) electrons. The number of hydrogen-bond donors (Lipinski definition) is 1. The third kappa shape index (κ3) is 4.35. The first kappa shape index (κ1) is 14.5. The zero-order valence-electron chi connectivity index (χ0n) is 10.1. The molecule has 0 amide bonds. The minimum atomic E-state index is -0.462. The van der Waals surface area contributed by atoms with E-state index >= 15 is 0 Å². The summed E-state index contributed by atoms with van der Waals surface area (Å²) in [6.45, 7) is 3.68. The summed E-state index contributed by atoms with van der Waals surface area (Å²) in [7, 11) is 0. The van der Waals surface area contributed by atoms with Crippen molar-refractivity contribution in [2.45, 2.75) is 13.5 Å². The summed E-state index contributed by atoms with van der Waals surface area (Å²) in [5.74, 6) is 0.255. The number of nitro groups is 1. The number of nitrogens with zero attached hydrogens (tertiary/aromatic N) is 1. The maximum absolute atomic E-state index is 10.8. The zero-order chi connectivity index (χ0) is 13.4. The highest BCUT2D eigenvalue weighted by Gasteiger charge is 2.15. The summed E-state index contributed by atoms with van der Waals surface area (Å²) >= 11 is 5.37. The molecule has 0 aliphatic carbocycles. The van der Waals surface area contributed by atoms with Crippen LogP contribution >= 0.6 is 11.6 Å². The van der Waals surface area contributed by atoms with E-state index in [1.54, 1.807) is 18.2 Å². The molecule has 1 aromatic carbocycles. The van der Waals surface area contributed by atoms with Crippen LogP contribution in [0, 0.1) is 10.1 Å². The van der Waals surface area contributed by atoms with Gasteiger partial charge in [0.25, 0.3) is 0 Å². The van der Waals surface area contributed by atoms with Crippen molar-refractivity contribution in [3.8, 4) is 5.75 Å².